The van der Waals surface area contributed by atoms with Gasteiger partial charge in [-0.1, -0.05) is 53.7 Å². The Kier molecular flexibility index (Phi) is 6.58. The van der Waals surface area contributed by atoms with Crippen LogP contribution in [0.25, 0.3) is 16.9 Å². The molecule has 0 atom stereocenters. The first-order valence-electron chi connectivity index (χ1n) is 9.60. The Hall–Kier alpha value is -3.24. The number of aryl methyl sites for hydroxylation is 1. The van der Waals surface area contributed by atoms with E-state index in [9.17, 15) is 4.79 Å². The molecule has 10 heteroatoms. The van der Waals surface area contributed by atoms with Crippen molar-refractivity contribution in [3.63, 3.8) is 0 Å². The Labute approximate surface area is 187 Å². The fraction of sp³-hybridized carbons (Fsp3) is 0.190. The maximum atomic E-state index is 12.4. The van der Waals surface area contributed by atoms with Crippen LogP contribution in [0.4, 0.5) is 5.13 Å². The van der Waals surface area contributed by atoms with Gasteiger partial charge in [0.05, 0.1) is 18.1 Å². The minimum absolute atomic E-state index is 0.149. The fourth-order valence-corrected chi connectivity index (χ4v) is 4.22. The van der Waals surface area contributed by atoms with Crippen LogP contribution >= 0.6 is 23.1 Å². The molecule has 0 aliphatic carbocycles. The first-order chi connectivity index (χ1) is 15.1. The summed E-state index contributed by atoms with van der Waals surface area (Å²) in [6.45, 7) is 4.49. The number of thiazole rings is 1. The Morgan fingerprint density at radius 2 is 2.00 bits per heavy atom. The number of thioether (sulfide) groups is 1. The number of aromatic nitrogens is 5. The van der Waals surface area contributed by atoms with Gasteiger partial charge in [-0.3, -0.25) is 4.79 Å². The predicted molar refractivity (Wildman–Crippen MR) is 122 cm³/mol. The molecule has 0 bridgehead atoms. The molecular formula is C21H20N6O2S2. The number of nitrogens with zero attached hydrogens (tertiary/aromatic N) is 5. The highest BCUT2D eigenvalue weighted by molar-refractivity contribution is 7.99. The van der Waals surface area contributed by atoms with E-state index in [1.165, 1.54) is 28.7 Å². The quantitative estimate of drug-likeness (QED) is 0.400. The highest BCUT2D eigenvalue weighted by atomic mass is 32.2. The van der Waals surface area contributed by atoms with E-state index in [0.717, 1.165) is 16.9 Å². The highest BCUT2D eigenvalue weighted by Crippen LogP contribution is 2.27. The van der Waals surface area contributed by atoms with Crippen LogP contribution in [0.15, 0.2) is 59.1 Å². The van der Waals surface area contributed by atoms with E-state index in [-0.39, 0.29) is 11.7 Å². The predicted octanol–water partition coefficient (Wildman–Crippen LogP) is 4.22. The van der Waals surface area contributed by atoms with Crippen molar-refractivity contribution in [2.24, 2.45) is 0 Å². The van der Waals surface area contributed by atoms with Crippen molar-refractivity contribution in [3.05, 3.63) is 59.5 Å². The molecule has 158 valence electrons. The average molecular weight is 453 g/mol. The second-order valence-electron chi connectivity index (χ2n) is 6.51. The van der Waals surface area contributed by atoms with Gasteiger partial charge in [0, 0.05) is 10.9 Å². The van der Waals surface area contributed by atoms with Crippen molar-refractivity contribution in [1.82, 2.24) is 25.2 Å². The number of tetrazole rings is 1. The molecule has 2 heterocycles. The number of carbonyl (C=O) groups excluding carboxylic acids is 1. The van der Waals surface area contributed by atoms with E-state index in [2.05, 4.69) is 25.8 Å². The van der Waals surface area contributed by atoms with Gasteiger partial charge < -0.3 is 10.1 Å². The summed E-state index contributed by atoms with van der Waals surface area (Å²) in [4.78, 5) is 17.0. The Balaban J connectivity index is 1.40. The molecule has 8 nitrogen and oxygen atoms in total. The van der Waals surface area contributed by atoms with Crippen molar-refractivity contribution in [1.29, 1.82) is 0 Å². The number of nitrogens with one attached hydrogen (secondary N) is 1. The molecule has 0 fully saturated rings. The SMILES string of the molecule is CCOc1ccccc1-n1nnnc1SCC(=O)Nc1nc(-c2ccc(C)cc2)cs1. The van der Waals surface area contributed by atoms with Crippen LogP contribution in [0, 0.1) is 6.92 Å². The molecule has 0 aliphatic heterocycles. The summed E-state index contributed by atoms with van der Waals surface area (Å²) >= 11 is 2.64. The lowest BCUT2D eigenvalue weighted by Crippen LogP contribution is -2.14. The van der Waals surface area contributed by atoms with Gasteiger partial charge in [-0.05, 0) is 36.4 Å². The zero-order chi connectivity index (χ0) is 21.6. The topological polar surface area (TPSA) is 94.8 Å². The first kappa shape index (κ1) is 21.0. The number of benzene rings is 2. The molecule has 0 aliphatic rings. The van der Waals surface area contributed by atoms with Crippen LogP contribution in [0.3, 0.4) is 0 Å². The molecule has 2 aromatic carbocycles. The first-order valence-corrected chi connectivity index (χ1v) is 11.5. The molecular weight excluding hydrogens is 432 g/mol. The van der Waals surface area contributed by atoms with E-state index in [1.807, 2.05) is 67.8 Å². The lowest BCUT2D eigenvalue weighted by molar-refractivity contribution is -0.113. The van der Waals surface area contributed by atoms with Crippen LogP contribution < -0.4 is 10.1 Å². The largest absolute Gasteiger partial charge is 0.492 e. The summed E-state index contributed by atoms with van der Waals surface area (Å²) < 4.78 is 7.23. The van der Waals surface area contributed by atoms with E-state index in [1.54, 1.807) is 4.68 Å². The van der Waals surface area contributed by atoms with Crippen LogP contribution in [0.5, 0.6) is 5.75 Å². The lowest BCUT2D eigenvalue weighted by atomic mass is 10.1. The number of para-hydroxylation sites is 2. The van der Waals surface area contributed by atoms with Crippen LogP contribution in [0.2, 0.25) is 0 Å². The smallest absolute Gasteiger partial charge is 0.236 e. The van der Waals surface area contributed by atoms with E-state index in [4.69, 9.17) is 4.74 Å². The number of anilines is 1. The Morgan fingerprint density at radius 1 is 1.19 bits per heavy atom. The zero-order valence-electron chi connectivity index (χ0n) is 17.0. The van der Waals surface area contributed by atoms with Crippen LogP contribution in [-0.2, 0) is 4.79 Å². The van der Waals surface area contributed by atoms with Gasteiger partial charge in [0.25, 0.3) is 0 Å². The number of ether oxygens (including phenoxy) is 1. The molecule has 0 radical (unpaired) electrons. The van der Waals surface area contributed by atoms with Crippen molar-refractivity contribution < 1.29 is 9.53 Å². The van der Waals surface area contributed by atoms with E-state index in [0.29, 0.717) is 22.6 Å². The number of hydrogen-bond donors (Lipinski definition) is 1. The number of amides is 1. The number of hydrogen-bond acceptors (Lipinski definition) is 8. The summed E-state index contributed by atoms with van der Waals surface area (Å²) in [6, 6.07) is 15.6. The van der Waals surface area contributed by atoms with Gasteiger partial charge in [-0.2, -0.15) is 4.68 Å². The number of carbonyl (C=O) groups is 1. The minimum atomic E-state index is -0.178. The van der Waals surface area contributed by atoms with Crippen LogP contribution in [-0.4, -0.2) is 43.5 Å². The van der Waals surface area contributed by atoms with Crippen molar-refractivity contribution in [2.45, 2.75) is 19.0 Å². The summed E-state index contributed by atoms with van der Waals surface area (Å²) in [6.07, 6.45) is 0. The molecule has 0 spiro atoms. The van der Waals surface area contributed by atoms with E-state index >= 15 is 0 Å². The van der Waals surface area contributed by atoms with Gasteiger partial charge in [-0.15, -0.1) is 16.4 Å². The molecule has 0 saturated heterocycles. The Morgan fingerprint density at radius 3 is 2.81 bits per heavy atom. The van der Waals surface area contributed by atoms with Gasteiger partial charge in [0.1, 0.15) is 11.4 Å². The molecule has 4 aromatic rings. The normalized spacial score (nSPS) is 10.8. The van der Waals surface area contributed by atoms with Crippen LogP contribution in [0.1, 0.15) is 12.5 Å². The maximum Gasteiger partial charge on any atom is 0.236 e. The zero-order valence-corrected chi connectivity index (χ0v) is 18.6. The molecule has 4 rings (SSSR count). The lowest BCUT2D eigenvalue weighted by Gasteiger charge is -2.10. The third-order valence-corrected chi connectivity index (χ3v) is 5.94. The summed E-state index contributed by atoms with van der Waals surface area (Å²) in [5, 5.41) is 17.7. The van der Waals surface area contributed by atoms with Gasteiger partial charge in [0.2, 0.25) is 11.1 Å². The average Bonchev–Trinajstić information content (AvgIpc) is 3.43. The van der Waals surface area contributed by atoms with Gasteiger partial charge in [0.15, 0.2) is 5.13 Å². The monoisotopic (exact) mass is 452 g/mol. The van der Waals surface area contributed by atoms with Crippen molar-refractivity contribution in [2.75, 3.05) is 17.7 Å². The maximum absolute atomic E-state index is 12.4. The second kappa shape index (κ2) is 9.71. The highest BCUT2D eigenvalue weighted by Gasteiger charge is 2.15. The van der Waals surface area contributed by atoms with Gasteiger partial charge >= 0.3 is 0 Å². The molecule has 1 amide bonds. The number of rotatable bonds is 8. The standard InChI is InChI=1S/C21H20N6O2S2/c1-3-29-18-7-5-4-6-17(18)27-21(24-25-26-27)31-13-19(28)23-20-22-16(12-30-20)15-10-8-14(2)9-11-15/h4-12H,3,13H2,1-2H3,(H,22,23,28). The summed E-state index contributed by atoms with van der Waals surface area (Å²) in [5.74, 6) is 0.647. The molecule has 31 heavy (non-hydrogen) atoms. The third kappa shape index (κ3) is 5.09. The fourth-order valence-electron chi connectivity index (χ4n) is 2.80. The second-order valence-corrected chi connectivity index (χ2v) is 8.32. The molecule has 2 aromatic heterocycles. The summed E-state index contributed by atoms with van der Waals surface area (Å²) in [5.41, 5.74) is 3.77. The van der Waals surface area contributed by atoms with Crippen molar-refractivity contribution in [3.8, 4) is 22.7 Å². The molecule has 0 unspecified atom stereocenters. The minimum Gasteiger partial charge on any atom is -0.492 e. The third-order valence-electron chi connectivity index (χ3n) is 4.26. The van der Waals surface area contributed by atoms with Gasteiger partial charge in [-0.25, -0.2) is 4.98 Å². The molecule has 0 saturated carbocycles. The summed E-state index contributed by atoms with van der Waals surface area (Å²) in [7, 11) is 0. The molecule has 1 N–H and O–H groups in total. The Bertz CT molecular complexity index is 1170. The van der Waals surface area contributed by atoms with Crippen molar-refractivity contribution >= 4 is 34.1 Å². The van der Waals surface area contributed by atoms with E-state index < -0.39 is 0 Å².